The van der Waals surface area contributed by atoms with E-state index in [1.165, 1.54) is 30.7 Å². The number of halogens is 2. The summed E-state index contributed by atoms with van der Waals surface area (Å²) in [4.78, 5) is 23.3. The Morgan fingerprint density at radius 1 is 1.29 bits per heavy atom. The topological polar surface area (TPSA) is 71.3 Å². The van der Waals surface area contributed by atoms with Crippen LogP contribution in [0, 0.1) is 5.82 Å². The molecule has 2 rings (SSSR count). The Labute approximate surface area is 125 Å². The number of rotatable bonds is 5. The fourth-order valence-electron chi connectivity index (χ4n) is 1.59. The van der Waals surface area contributed by atoms with Crippen LogP contribution in [0.3, 0.4) is 0 Å². The zero-order valence-corrected chi connectivity index (χ0v) is 11.6. The Hall–Kier alpha value is -2.34. The maximum Gasteiger partial charge on any atom is 0.254 e. The highest BCUT2D eigenvalue weighted by atomic mass is 35.5. The third-order valence-corrected chi connectivity index (χ3v) is 2.94. The number of carbonyl (C=O) groups is 2. The fraction of sp³-hybridized carbons (Fsp3) is 0.143. The molecule has 1 aromatic carbocycles. The number of carbonyl (C=O) groups excluding carboxylic acids is 2. The molecule has 1 aromatic heterocycles. The molecule has 0 unspecified atom stereocenters. The van der Waals surface area contributed by atoms with Crippen molar-refractivity contribution in [3.05, 3.63) is 53.2 Å². The Kier molecular flexibility index (Phi) is 4.94. The van der Waals surface area contributed by atoms with Crippen LogP contribution >= 0.6 is 11.6 Å². The van der Waals surface area contributed by atoms with E-state index in [9.17, 15) is 14.0 Å². The summed E-state index contributed by atoms with van der Waals surface area (Å²) in [6.07, 6.45) is 2.77. The maximum absolute atomic E-state index is 12.9. The molecule has 2 aromatic rings. The first-order chi connectivity index (χ1) is 10.1. The molecule has 2 amide bonds. The number of furan rings is 1. The molecule has 110 valence electrons. The number of anilines is 1. The molecular weight excluding hydrogens is 299 g/mol. The molecule has 0 radical (unpaired) electrons. The van der Waals surface area contributed by atoms with Gasteiger partial charge >= 0.3 is 0 Å². The van der Waals surface area contributed by atoms with Gasteiger partial charge in [0, 0.05) is 13.0 Å². The summed E-state index contributed by atoms with van der Waals surface area (Å²) in [7, 11) is 0. The van der Waals surface area contributed by atoms with Crippen LogP contribution in [-0.4, -0.2) is 18.4 Å². The highest BCUT2D eigenvalue weighted by molar-refractivity contribution is 6.33. The predicted molar refractivity (Wildman–Crippen MR) is 75.7 cm³/mol. The summed E-state index contributed by atoms with van der Waals surface area (Å²) in [5.74, 6) is -1.14. The highest BCUT2D eigenvalue weighted by Crippen LogP contribution is 2.22. The molecule has 0 atom stereocenters. The van der Waals surface area contributed by atoms with Gasteiger partial charge in [-0.1, -0.05) is 11.6 Å². The molecule has 0 saturated carbocycles. The molecule has 0 fully saturated rings. The highest BCUT2D eigenvalue weighted by Gasteiger charge is 2.09. The Bertz CT molecular complexity index is 644. The average Bonchev–Trinajstić information content (AvgIpc) is 2.96. The van der Waals surface area contributed by atoms with Gasteiger partial charge in [0.25, 0.3) is 5.91 Å². The van der Waals surface area contributed by atoms with E-state index in [0.717, 1.165) is 6.07 Å². The maximum atomic E-state index is 12.9. The minimum atomic E-state index is -0.481. The first-order valence-electron chi connectivity index (χ1n) is 6.11. The second kappa shape index (κ2) is 6.90. The number of hydrogen-bond donors (Lipinski definition) is 2. The van der Waals surface area contributed by atoms with Gasteiger partial charge in [-0.05, 0) is 24.3 Å². The second-order valence-electron chi connectivity index (χ2n) is 4.19. The molecule has 21 heavy (non-hydrogen) atoms. The lowest BCUT2D eigenvalue weighted by Crippen LogP contribution is -2.27. The number of nitrogens with one attached hydrogen (secondary N) is 2. The summed E-state index contributed by atoms with van der Waals surface area (Å²) < 4.78 is 17.6. The van der Waals surface area contributed by atoms with Crippen LogP contribution in [0.15, 0.2) is 41.2 Å². The third kappa shape index (κ3) is 4.32. The first kappa shape index (κ1) is 15.1. The number of hydrogen-bond acceptors (Lipinski definition) is 3. The SMILES string of the molecule is O=C(CCNC(=O)c1ccoc1)Nc1ccc(F)cc1Cl. The molecule has 0 spiro atoms. The summed E-state index contributed by atoms with van der Waals surface area (Å²) in [6.45, 7) is 0.161. The molecular formula is C14H12ClFN2O3. The summed E-state index contributed by atoms with van der Waals surface area (Å²) in [5, 5.41) is 5.23. The van der Waals surface area contributed by atoms with Gasteiger partial charge in [0.05, 0.1) is 22.5 Å². The minimum absolute atomic E-state index is 0.0668. The minimum Gasteiger partial charge on any atom is -0.472 e. The van der Waals surface area contributed by atoms with Crippen LogP contribution in [0.4, 0.5) is 10.1 Å². The van der Waals surface area contributed by atoms with Gasteiger partial charge in [0.2, 0.25) is 5.91 Å². The lowest BCUT2D eigenvalue weighted by atomic mass is 10.3. The smallest absolute Gasteiger partial charge is 0.254 e. The zero-order chi connectivity index (χ0) is 15.2. The van der Waals surface area contributed by atoms with Crippen molar-refractivity contribution in [2.75, 3.05) is 11.9 Å². The Morgan fingerprint density at radius 3 is 2.76 bits per heavy atom. The van der Waals surface area contributed by atoms with E-state index >= 15 is 0 Å². The summed E-state index contributed by atoms with van der Waals surface area (Å²) >= 11 is 5.79. The standard InChI is InChI=1S/C14H12ClFN2O3/c15-11-7-10(16)1-2-12(11)18-13(19)3-5-17-14(20)9-4-6-21-8-9/h1-2,4,6-8H,3,5H2,(H,17,20)(H,18,19). The Balaban J connectivity index is 1.78. The molecule has 0 aliphatic heterocycles. The van der Waals surface area contributed by atoms with Crippen LogP contribution in [0.25, 0.3) is 0 Å². The van der Waals surface area contributed by atoms with Crippen LogP contribution in [0.5, 0.6) is 0 Å². The number of amides is 2. The van der Waals surface area contributed by atoms with Gasteiger partial charge in [-0.15, -0.1) is 0 Å². The third-order valence-electron chi connectivity index (χ3n) is 2.63. The Morgan fingerprint density at radius 2 is 2.10 bits per heavy atom. The van der Waals surface area contributed by atoms with Crippen molar-refractivity contribution >= 4 is 29.1 Å². The van der Waals surface area contributed by atoms with E-state index < -0.39 is 5.82 Å². The first-order valence-corrected chi connectivity index (χ1v) is 6.49. The molecule has 2 N–H and O–H groups in total. The van der Waals surface area contributed by atoms with Gasteiger partial charge in [-0.25, -0.2) is 4.39 Å². The predicted octanol–water partition coefficient (Wildman–Crippen LogP) is 2.83. The molecule has 0 aliphatic rings. The van der Waals surface area contributed by atoms with Gasteiger partial charge in [-0.2, -0.15) is 0 Å². The van der Waals surface area contributed by atoms with Crippen molar-refractivity contribution < 1.29 is 18.4 Å². The van der Waals surface area contributed by atoms with Crippen LogP contribution in [-0.2, 0) is 4.79 Å². The van der Waals surface area contributed by atoms with Gasteiger partial charge in [0.1, 0.15) is 12.1 Å². The van der Waals surface area contributed by atoms with Crippen LogP contribution in [0.1, 0.15) is 16.8 Å². The van der Waals surface area contributed by atoms with Crippen molar-refractivity contribution in [3.63, 3.8) is 0 Å². The van der Waals surface area contributed by atoms with Crippen molar-refractivity contribution in [1.29, 1.82) is 0 Å². The van der Waals surface area contributed by atoms with Crippen molar-refractivity contribution in [3.8, 4) is 0 Å². The van der Waals surface area contributed by atoms with E-state index in [1.54, 1.807) is 0 Å². The molecule has 5 nitrogen and oxygen atoms in total. The second-order valence-corrected chi connectivity index (χ2v) is 4.60. The lowest BCUT2D eigenvalue weighted by molar-refractivity contribution is -0.116. The van der Waals surface area contributed by atoms with Crippen molar-refractivity contribution in [2.45, 2.75) is 6.42 Å². The van der Waals surface area contributed by atoms with Crippen molar-refractivity contribution in [1.82, 2.24) is 5.32 Å². The van der Waals surface area contributed by atoms with E-state index in [4.69, 9.17) is 16.0 Å². The van der Waals surface area contributed by atoms with E-state index in [0.29, 0.717) is 11.3 Å². The van der Waals surface area contributed by atoms with Crippen LogP contribution < -0.4 is 10.6 Å². The monoisotopic (exact) mass is 310 g/mol. The quantitative estimate of drug-likeness (QED) is 0.892. The molecule has 0 saturated heterocycles. The normalized spacial score (nSPS) is 10.2. The molecule has 0 aliphatic carbocycles. The lowest BCUT2D eigenvalue weighted by Gasteiger charge is -2.07. The number of benzene rings is 1. The largest absolute Gasteiger partial charge is 0.472 e. The van der Waals surface area contributed by atoms with Crippen LogP contribution in [0.2, 0.25) is 5.02 Å². The van der Waals surface area contributed by atoms with Gasteiger partial charge in [0.15, 0.2) is 0 Å². The molecule has 7 heteroatoms. The fourth-order valence-corrected chi connectivity index (χ4v) is 1.80. The summed E-state index contributed by atoms with van der Waals surface area (Å²) in [5.41, 5.74) is 0.709. The van der Waals surface area contributed by atoms with E-state index in [2.05, 4.69) is 10.6 Å². The molecule has 0 bridgehead atoms. The average molecular weight is 311 g/mol. The van der Waals surface area contributed by atoms with E-state index in [-0.39, 0.29) is 29.8 Å². The summed E-state index contributed by atoms with van der Waals surface area (Å²) in [6, 6.07) is 5.20. The van der Waals surface area contributed by atoms with Gasteiger partial charge < -0.3 is 15.1 Å². The van der Waals surface area contributed by atoms with Gasteiger partial charge in [-0.3, -0.25) is 9.59 Å². The molecule has 1 heterocycles. The van der Waals surface area contributed by atoms with E-state index in [1.807, 2.05) is 0 Å². The van der Waals surface area contributed by atoms with Crippen molar-refractivity contribution in [2.24, 2.45) is 0 Å². The zero-order valence-electron chi connectivity index (χ0n) is 10.9.